The van der Waals surface area contributed by atoms with Gasteiger partial charge in [-0.05, 0) is 56.5 Å². The molecule has 7 heteroatoms. The van der Waals surface area contributed by atoms with E-state index in [0.29, 0.717) is 36.8 Å². The molecule has 1 saturated heterocycles. The monoisotopic (exact) mass is 425 g/mol. The molecule has 2 amide bonds. The number of benzene rings is 2. The molecule has 1 heterocycles. The number of carbonyl (C=O) groups excluding carboxylic acids is 2. The Labute approximate surface area is 183 Å². The van der Waals surface area contributed by atoms with E-state index in [4.69, 9.17) is 9.47 Å². The number of hydrogen-bond acceptors (Lipinski definition) is 5. The molecule has 1 aliphatic rings. The van der Waals surface area contributed by atoms with Crippen molar-refractivity contribution in [2.45, 2.75) is 26.2 Å². The summed E-state index contributed by atoms with van der Waals surface area (Å²) in [5.41, 5.74) is 2.00. The van der Waals surface area contributed by atoms with Crippen LogP contribution in [0.3, 0.4) is 0 Å². The van der Waals surface area contributed by atoms with Crippen LogP contribution in [0.1, 0.15) is 36.5 Å². The fourth-order valence-electron chi connectivity index (χ4n) is 3.46. The second-order valence-electron chi connectivity index (χ2n) is 7.41. The van der Waals surface area contributed by atoms with Gasteiger partial charge in [-0.25, -0.2) is 0 Å². The highest BCUT2D eigenvalue weighted by Gasteiger charge is 2.18. The highest BCUT2D eigenvalue weighted by atomic mass is 16.5. The third-order valence-corrected chi connectivity index (χ3v) is 5.02. The molecule has 2 aromatic rings. The van der Waals surface area contributed by atoms with Crippen molar-refractivity contribution in [2.75, 3.05) is 50.1 Å². The van der Waals surface area contributed by atoms with Crippen LogP contribution in [-0.2, 0) is 9.53 Å². The van der Waals surface area contributed by atoms with E-state index in [1.54, 1.807) is 24.3 Å². The molecule has 1 aliphatic heterocycles. The Bertz CT molecular complexity index is 865. The maximum atomic E-state index is 12.7. The molecule has 0 aliphatic carbocycles. The van der Waals surface area contributed by atoms with E-state index in [1.165, 1.54) is 6.42 Å². The van der Waals surface area contributed by atoms with Gasteiger partial charge in [-0.1, -0.05) is 12.1 Å². The number of piperidine rings is 1. The minimum Gasteiger partial charge on any atom is -0.491 e. The number of nitrogens with one attached hydrogen (secondary N) is 2. The minimum absolute atomic E-state index is 0.0232. The molecule has 0 saturated carbocycles. The van der Waals surface area contributed by atoms with Crippen LogP contribution < -0.4 is 15.4 Å². The van der Waals surface area contributed by atoms with E-state index in [-0.39, 0.29) is 18.4 Å². The summed E-state index contributed by atoms with van der Waals surface area (Å²) in [6, 6.07) is 14.6. The first-order chi connectivity index (χ1) is 15.2. The van der Waals surface area contributed by atoms with Gasteiger partial charge in [0.2, 0.25) is 5.91 Å². The Morgan fingerprint density at radius 1 is 0.968 bits per heavy atom. The zero-order valence-corrected chi connectivity index (χ0v) is 18.1. The van der Waals surface area contributed by atoms with Gasteiger partial charge in [-0.15, -0.1) is 0 Å². The zero-order chi connectivity index (χ0) is 21.9. The van der Waals surface area contributed by atoms with Crippen molar-refractivity contribution >= 4 is 23.2 Å². The number of hydrogen-bond donors (Lipinski definition) is 2. The highest BCUT2D eigenvalue weighted by Crippen LogP contribution is 2.18. The van der Waals surface area contributed by atoms with Gasteiger partial charge in [-0.2, -0.15) is 0 Å². The average Bonchev–Trinajstić information content (AvgIpc) is 2.81. The molecule has 31 heavy (non-hydrogen) atoms. The summed E-state index contributed by atoms with van der Waals surface area (Å²) in [6.07, 6.45) is 3.27. The Morgan fingerprint density at radius 3 is 2.55 bits per heavy atom. The summed E-state index contributed by atoms with van der Waals surface area (Å²) >= 11 is 0. The lowest BCUT2D eigenvalue weighted by Crippen LogP contribution is -2.35. The summed E-state index contributed by atoms with van der Waals surface area (Å²) in [7, 11) is 0. The standard InChI is InChI=1S/C24H31N3O4/c1-2-30-14-15-31-22-11-7-9-20(17-22)25-18-23(28)26-21-10-6-8-19(16-21)24(29)27-12-4-3-5-13-27/h6-11,16-17,25H,2-5,12-15,18H2,1H3,(H,26,28). The van der Waals surface area contributed by atoms with Crippen molar-refractivity contribution in [3.63, 3.8) is 0 Å². The molecule has 0 radical (unpaired) electrons. The summed E-state index contributed by atoms with van der Waals surface area (Å²) in [5.74, 6) is 0.550. The van der Waals surface area contributed by atoms with E-state index in [2.05, 4.69) is 10.6 Å². The summed E-state index contributed by atoms with van der Waals surface area (Å²) < 4.78 is 10.9. The van der Waals surface area contributed by atoms with Gasteiger partial charge in [0.1, 0.15) is 12.4 Å². The van der Waals surface area contributed by atoms with Crippen molar-refractivity contribution in [1.29, 1.82) is 0 Å². The van der Waals surface area contributed by atoms with Crippen LogP contribution in [0.5, 0.6) is 5.75 Å². The van der Waals surface area contributed by atoms with Crippen LogP contribution in [0.2, 0.25) is 0 Å². The quantitative estimate of drug-likeness (QED) is 0.567. The van der Waals surface area contributed by atoms with Gasteiger partial charge in [0.25, 0.3) is 5.91 Å². The fourth-order valence-corrected chi connectivity index (χ4v) is 3.46. The Kier molecular flexibility index (Phi) is 8.72. The molecule has 1 fully saturated rings. The third kappa shape index (κ3) is 7.29. The Balaban J connectivity index is 1.49. The van der Waals surface area contributed by atoms with Crippen molar-refractivity contribution in [1.82, 2.24) is 4.90 Å². The van der Waals surface area contributed by atoms with Crippen LogP contribution in [0.15, 0.2) is 48.5 Å². The number of likely N-dealkylation sites (tertiary alicyclic amines) is 1. The molecule has 0 bridgehead atoms. The van der Waals surface area contributed by atoms with Gasteiger partial charge >= 0.3 is 0 Å². The van der Waals surface area contributed by atoms with E-state index in [1.807, 2.05) is 36.1 Å². The van der Waals surface area contributed by atoms with Crippen molar-refractivity contribution in [3.8, 4) is 5.75 Å². The summed E-state index contributed by atoms with van der Waals surface area (Å²) in [6.45, 7) is 5.32. The van der Waals surface area contributed by atoms with Crippen molar-refractivity contribution in [2.24, 2.45) is 0 Å². The fraction of sp³-hybridized carbons (Fsp3) is 0.417. The van der Waals surface area contributed by atoms with Gasteiger partial charge in [0, 0.05) is 42.7 Å². The first-order valence-corrected chi connectivity index (χ1v) is 10.9. The lowest BCUT2D eigenvalue weighted by Gasteiger charge is -2.26. The highest BCUT2D eigenvalue weighted by molar-refractivity contribution is 5.98. The number of ether oxygens (including phenoxy) is 2. The predicted octanol–water partition coefficient (Wildman–Crippen LogP) is 3.78. The van der Waals surface area contributed by atoms with E-state index >= 15 is 0 Å². The van der Waals surface area contributed by atoms with Crippen molar-refractivity contribution in [3.05, 3.63) is 54.1 Å². The Morgan fingerprint density at radius 2 is 1.74 bits per heavy atom. The van der Waals surface area contributed by atoms with Crippen LogP contribution in [-0.4, -0.2) is 56.2 Å². The molecule has 166 valence electrons. The summed E-state index contributed by atoms with van der Waals surface area (Å²) in [4.78, 5) is 26.9. The van der Waals surface area contributed by atoms with Gasteiger partial charge in [0.15, 0.2) is 0 Å². The van der Waals surface area contributed by atoms with Gasteiger partial charge in [0.05, 0.1) is 13.2 Å². The van der Waals surface area contributed by atoms with Crippen LogP contribution >= 0.6 is 0 Å². The molecule has 2 N–H and O–H groups in total. The number of nitrogens with zero attached hydrogens (tertiary/aromatic N) is 1. The van der Waals surface area contributed by atoms with Gasteiger partial charge < -0.3 is 25.0 Å². The molecule has 7 nitrogen and oxygen atoms in total. The molecule has 0 aromatic heterocycles. The molecule has 0 atom stereocenters. The second kappa shape index (κ2) is 12.0. The maximum absolute atomic E-state index is 12.7. The third-order valence-electron chi connectivity index (χ3n) is 5.02. The van der Waals surface area contributed by atoms with Crippen LogP contribution in [0.4, 0.5) is 11.4 Å². The first-order valence-electron chi connectivity index (χ1n) is 10.9. The topological polar surface area (TPSA) is 79.9 Å². The molecule has 2 aromatic carbocycles. The van der Waals surface area contributed by atoms with E-state index < -0.39 is 0 Å². The molecule has 0 unspecified atom stereocenters. The molecule has 0 spiro atoms. The Hall–Kier alpha value is -3.06. The SMILES string of the molecule is CCOCCOc1cccc(NCC(=O)Nc2cccc(C(=O)N3CCCCC3)c2)c1. The number of rotatable bonds is 10. The lowest BCUT2D eigenvalue weighted by molar-refractivity contribution is -0.114. The van der Waals surface area contributed by atoms with Crippen LogP contribution in [0.25, 0.3) is 0 Å². The average molecular weight is 426 g/mol. The molecular weight excluding hydrogens is 394 g/mol. The van der Waals surface area contributed by atoms with Crippen LogP contribution in [0, 0.1) is 0 Å². The zero-order valence-electron chi connectivity index (χ0n) is 18.1. The first kappa shape index (κ1) is 22.6. The predicted molar refractivity (Wildman–Crippen MR) is 122 cm³/mol. The normalized spacial score (nSPS) is 13.5. The smallest absolute Gasteiger partial charge is 0.253 e. The largest absolute Gasteiger partial charge is 0.491 e. The second-order valence-corrected chi connectivity index (χ2v) is 7.41. The number of amides is 2. The minimum atomic E-state index is -0.190. The number of anilines is 2. The van der Waals surface area contributed by atoms with Crippen molar-refractivity contribution < 1.29 is 19.1 Å². The number of carbonyl (C=O) groups is 2. The van der Waals surface area contributed by atoms with E-state index in [0.717, 1.165) is 31.6 Å². The maximum Gasteiger partial charge on any atom is 0.253 e. The summed E-state index contributed by atoms with van der Waals surface area (Å²) in [5, 5.41) is 5.95. The molecule has 3 rings (SSSR count). The van der Waals surface area contributed by atoms with Gasteiger partial charge in [-0.3, -0.25) is 9.59 Å². The lowest BCUT2D eigenvalue weighted by atomic mass is 10.1. The van der Waals surface area contributed by atoms with E-state index in [9.17, 15) is 9.59 Å². The molecular formula is C24H31N3O4.